The van der Waals surface area contributed by atoms with Crippen LogP contribution < -0.4 is 25.0 Å². The van der Waals surface area contributed by atoms with Crippen molar-refractivity contribution in [2.24, 2.45) is 12.0 Å². The molecule has 2 aromatic heterocycles. The highest BCUT2D eigenvalue weighted by molar-refractivity contribution is 14.1. The highest BCUT2D eigenvalue weighted by Crippen LogP contribution is 2.41. The molecule has 2 N–H and O–H groups in total. The minimum atomic E-state index is -0.267. The number of methoxy groups -OCH3 is 1. The molecule has 0 aliphatic carbocycles. The Morgan fingerprint density at radius 3 is 2.74 bits per heavy atom. The number of ether oxygens (including phenoxy) is 2. The lowest BCUT2D eigenvalue weighted by atomic mass is 10.1. The topological polar surface area (TPSA) is 114 Å². The van der Waals surface area contributed by atoms with E-state index in [4.69, 9.17) is 9.47 Å². The smallest absolute Gasteiger partial charge is 0.272 e. The third-order valence-corrected chi connectivity index (χ3v) is 10.1. The number of benzene rings is 3. The van der Waals surface area contributed by atoms with Crippen LogP contribution in [0.1, 0.15) is 39.3 Å². The molecule has 4 heterocycles. The fraction of sp³-hybridized carbons (Fsp3) is 0.200. The summed E-state index contributed by atoms with van der Waals surface area (Å²) in [5.41, 5.74) is 4.64. The van der Waals surface area contributed by atoms with E-state index in [1.165, 1.54) is 9.99 Å². The molecular weight excluding hydrogens is 729 g/mol. The standard InChI is InChI=1S/C35H30IN5O5S/c1-40-19-23(15-28(40)34(43)39-22-9-10-31-21(12-22)14-32(36)47-31)38-33(42)8-5-11-46-30-17-26-25(16-29(30)45-2)35(44)41-24(18-37-26)13-20-6-3-4-7-27(20)41/h3-4,6-7,9-10,12,14-19,24H,5,8,11,13H2,1-2H3,(H,38,42)(H,39,43)/t24-/m0/s1. The molecule has 7 rings (SSSR count). The number of nitrogens with one attached hydrogen (secondary N) is 2. The van der Waals surface area contributed by atoms with Gasteiger partial charge in [-0.3, -0.25) is 24.3 Å². The number of carbonyl (C=O) groups is 3. The van der Waals surface area contributed by atoms with Gasteiger partial charge in [0.15, 0.2) is 11.5 Å². The molecule has 0 radical (unpaired) electrons. The van der Waals surface area contributed by atoms with E-state index in [1.54, 1.807) is 52.2 Å². The summed E-state index contributed by atoms with van der Waals surface area (Å²) in [5.74, 6) is 0.267. The van der Waals surface area contributed by atoms with Crippen molar-refractivity contribution in [1.29, 1.82) is 0 Å². The van der Waals surface area contributed by atoms with Gasteiger partial charge in [0.1, 0.15) is 5.69 Å². The third-order valence-electron chi connectivity index (χ3n) is 8.20. The van der Waals surface area contributed by atoms with E-state index in [-0.39, 0.29) is 36.8 Å². The van der Waals surface area contributed by atoms with Gasteiger partial charge in [0.25, 0.3) is 11.8 Å². The van der Waals surface area contributed by atoms with Crippen LogP contribution in [0.2, 0.25) is 0 Å². The number of hydrogen-bond acceptors (Lipinski definition) is 7. The summed E-state index contributed by atoms with van der Waals surface area (Å²) in [6.07, 6.45) is 4.87. The fourth-order valence-electron chi connectivity index (χ4n) is 5.97. The normalized spacial score (nSPS) is 14.7. The van der Waals surface area contributed by atoms with Gasteiger partial charge in [0.2, 0.25) is 5.91 Å². The van der Waals surface area contributed by atoms with Gasteiger partial charge >= 0.3 is 0 Å². The Kier molecular flexibility index (Phi) is 8.45. The van der Waals surface area contributed by atoms with Gasteiger partial charge < -0.3 is 24.7 Å². The number of aryl methyl sites for hydroxylation is 1. The number of hydrogen-bond donors (Lipinski definition) is 2. The predicted molar refractivity (Wildman–Crippen MR) is 193 cm³/mol. The largest absolute Gasteiger partial charge is 0.493 e. The zero-order chi connectivity index (χ0) is 32.7. The van der Waals surface area contributed by atoms with Crippen LogP contribution >= 0.6 is 33.9 Å². The van der Waals surface area contributed by atoms with Crippen molar-refractivity contribution in [3.63, 3.8) is 0 Å². The maximum Gasteiger partial charge on any atom is 0.272 e. The van der Waals surface area contributed by atoms with Crippen molar-refractivity contribution in [3.05, 3.63) is 92.6 Å². The summed E-state index contributed by atoms with van der Waals surface area (Å²) in [7, 11) is 3.29. The Bertz CT molecular complexity index is 2090. The van der Waals surface area contributed by atoms with Gasteiger partial charge in [-0.05, 0) is 82.4 Å². The van der Waals surface area contributed by atoms with Crippen molar-refractivity contribution < 1.29 is 23.9 Å². The molecule has 2 aliphatic heterocycles. The number of rotatable bonds is 9. The summed E-state index contributed by atoms with van der Waals surface area (Å²) in [4.78, 5) is 45.8. The maximum absolute atomic E-state index is 13.6. The minimum Gasteiger partial charge on any atom is -0.493 e. The van der Waals surface area contributed by atoms with Crippen molar-refractivity contribution in [3.8, 4) is 11.5 Å². The molecule has 5 aromatic rings. The highest BCUT2D eigenvalue weighted by atomic mass is 127. The van der Waals surface area contributed by atoms with Gasteiger partial charge in [-0.2, -0.15) is 0 Å². The molecule has 47 heavy (non-hydrogen) atoms. The van der Waals surface area contributed by atoms with E-state index < -0.39 is 0 Å². The first-order valence-corrected chi connectivity index (χ1v) is 16.9. The summed E-state index contributed by atoms with van der Waals surface area (Å²) < 4.78 is 15.6. The second kappa shape index (κ2) is 12.8. The number of amides is 3. The maximum atomic E-state index is 13.6. The van der Waals surface area contributed by atoms with E-state index in [0.29, 0.717) is 52.7 Å². The lowest BCUT2D eigenvalue weighted by Gasteiger charge is -2.22. The quantitative estimate of drug-likeness (QED) is 0.122. The zero-order valence-electron chi connectivity index (χ0n) is 25.6. The van der Waals surface area contributed by atoms with Gasteiger partial charge in [0, 0.05) is 54.4 Å². The average Bonchev–Trinajstić information content (AvgIpc) is 3.71. The average molecular weight is 760 g/mol. The van der Waals surface area contributed by atoms with Gasteiger partial charge in [-0.25, -0.2) is 0 Å². The molecule has 0 spiro atoms. The Hall–Kier alpha value is -4.69. The number of halogens is 1. The number of aliphatic imine (C=N–C) groups is 1. The van der Waals surface area contributed by atoms with Crippen LogP contribution in [0.5, 0.6) is 11.5 Å². The number of fused-ring (bicyclic) bond motifs is 5. The first-order valence-electron chi connectivity index (χ1n) is 15.0. The number of aromatic nitrogens is 1. The van der Waals surface area contributed by atoms with Crippen LogP contribution in [0.15, 0.2) is 77.9 Å². The molecule has 0 bridgehead atoms. The van der Waals surface area contributed by atoms with Crippen LogP contribution in [-0.4, -0.2) is 48.3 Å². The van der Waals surface area contributed by atoms with Crippen molar-refractivity contribution >= 4 is 90.7 Å². The molecule has 12 heteroatoms. The van der Waals surface area contributed by atoms with E-state index >= 15 is 0 Å². The first-order chi connectivity index (χ1) is 22.8. The van der Waals surface area contributed by atoms with Gasteiger partial charge in [-0.15, -0.1) is 11.3 Å². The number of para-hydroxylation sites is 1. The van der Waals surface area contributed by atoms with E-state index in [0.717, 1.165) is 21.3 Å². The van der Waals surface area contributed by atoms with Crippen molar-refractivity contribution in [2.45, 2.75) is 25.3 Å². The number of thiophene rings is 1. The molecule has 238 valence electrons. The van der Waals surface area contributed by atoms with E-state index in [1.807, 2.05) is 48.7 Å². The molecule has 3 amide bonds. The molecule has 0 fully saturated rings. The second-order valence-electron chi connectivity index (χ2n) is 11.4. The summed E-state index contributed by atoms with van der Waals surface area (Å²) in [5, 5.41) is 6.90. The third kappa shape index (κ3) is 6.22. The Morgan fingerprint density at radius 1 is 1.04 bits per heavy atom. The molecule has 3 aromatic carbocycles. The molecule has 10 nitrogen and oxygen atoms in total. The fourth-order valence-corrected chi connectivity index (χ4v) is 7.78. The van der Waals surface area contributed by atoms with E-state index in [2.05, 4.69) is 44.3 Å². The lowest BCUT2D eigenvalue weighted by molar-refractivity contribution is -0.116. The van der Waals surface area contributed by atoms with Crippen LogP contribution in [-0.2, 0) is 18.3 Å². The Morgan fingerprint density at radius 2 is 1.89 bits per heavy atom. The lowest BCUT2D eigenvalue weighted by Crippen LogP contribution is -2.37. The number of carbonyl (C=O) groups excluding carboxylic acids is 3. The van der Waals surface area contributed by atoms with Crippen LogP contribution in [0.25, 0.3) is 10.1 Å². The Labute approximate surface area is 288 Å². The number of nitrogens with zero attached hydrogens (tertiary/aromatic N) is 3. The summed E-state index contributed by atoms with van der Waals surface area (Å²) in [6, 6.07) is 20.7. The first kappa shape index (κ1) is 30.9. The van der Waals surface area contributed by atoms with Gasteiger partial charge in [0.05, 0.1) is 39.6 Å². The monoisotopic (exact) mass is 759 g/mol. The van der Waals surface area contributed by atoms with Crippen molar-refractivity contribution in [2.75, 3.05) is 29.3 Å². The van der Waals surface area contributed by atoms with E-state index in [9.17, 15) is 14.4 Å². The zero-order valence-corrected chi connectivity index (χ0v) is 28.6. The molecule has 2 aliphatic rings. The molecule has 0 saturated heterocycles. The van der Waals surface area contributed by atoms with Crippen LogP contribution in [0.3, 0.4) is 0 Å². The van der Waals surface area contributed by atoms with Crippen LogP contribution in [0.4, 0.5) is 22.7 Å². The SMILES string of the molecule is COc1cc2c(cc1OCCCC(=O)Nc1cc(C(=O)Nc3ccc4sc(I)cc4c3)n(C)c1)N=C[C@@H]1Cc3ccccc3N1C2=O. The number of anilines is 3. The molecular formula is C35H30IN5O5S. The Balaban J connectivity index is 0.944. The molecule has 1 atom stereocenters. The van der Waals surface area contributed by atoms with Gasteiger partial charge in [-0.1, -0.05) is 18.2 Å². The summed E-state index contributed by atoms with van der Waals surface area (Å²) in [6.45, 7) is 0.248. The predicted octanol–water partition coefficient (Wildman–Crippen LogP) is 7.19. The molecule has 0 unspecified atom stereocenters. The minimum absolute atomic E-state index is 0.134. The van der Waals surface area contributed by atoms with Crippen molar-refractivity contribution in [1.82, 2.24) is 4.57 Å². The second-order valence-corrected chi connectivity index (χ2v) is 14.3. The highest BCUT2D eigenvalue weighted by Gasteiger charge is 2.36. The van der Waals surface area contributed by atoms with Crippen LogP contribution in [0, 0.1) is 2.88 Å². The molecule has 0 saturated carbocycles. The summed E-state index contributed by atoms with van der Waals surface area (Å²) >= 11 is 3.99.